The van der Waals surface area contributed by atoms with Gasteiger partial charge in [-0.2, -0.15) is 0 Å². The van der Waals surface area contributed by atoms with E-state index in [0.29, 0.717) is 12.5 Å². The fourth-order valence-electron chi connectivity index (χ4n) is 2.45. The average molecular weight is 199 g/mol. The first-order valence-corrected chi connectivity index (χ1v) is 5.24. The van der Waals surface area contributed by atoms with Gasteiger partial charge in [0.15, 0.2) is 0 Å². The van der Waals surface area contributed by atoms with E-state index < -0.39 is 0 Å². The Labute approximate surface area is 86.2 Å². The summed E-state index contributed by atoms with van der Waals surface area (Å²) in [5, 5.41) is 3.01. The summed E-state index contributed by atoms with van der Waals surface area (Å²) < 4.78 is 4.93. The number of ether oxygens (including phenoxy) is 1. The Morgan fingerprint density at radius 3 is 2.29 bits per heavy atom. The topological polar surface area (TPSA) is 38.3 Å². The van der Waals surface area contributed by atoms with E-state index in [4.69, 9.17) is 4.74 Å². The van der Waals surface area contributed by atoms with Crippen molar-refractivity contribution in [3.8, 4) is 0 Å². The summed E-state index contributed by atoms with van der Waals surface area (Å²) in [5.74, 6) is 0.412. The highest BCUT2D eigenvalue weighted by Crippen LogP contribution is 2.40. The van der Waals surface area contributed by atoms with Gasteiger partial charge in [0.1, 0.15) is 0 Å². The molecule has 0 aliphatic carbocycles. The molecule has 1 N–H and O–H groups in total. The molecule has 1 fully saturated rings. The molecule has 1 unspecified atom stereocenters. The van der Waals surface area contributed by atoms with Crippen LogP contribution in [0.25, 0.3) is 0 Å². The maximum Gasteiger partial charge on any atom is 0.407 e. The molecule has 1 aliphatic heterocycles. The standard InChI is InChI=1S/C11H21NO2/c1-8(2)11(10(3,4)5)6-7-14-9(13)12-11/h8H,6-7H2,1-5H3,(H,12,13). The van der Waals surface area contributed by atoms with Gasteiger partial charge in [-0.15, -0.1) is 0 Å². The van der Waals surface area contributed by atoms with Gasteiger partial charge in [0.25, 0.3) is 0 Å². The quantitative estimate of drug-likeness (QED) is 0.704. The minimum absolute atomic E-state index is 0.0562. The molecule has 14 heavy (non-hydrogen) atoms. The van der Waals surface area contributed by atoms with Crippen molar-refractivity contribution in [3.05, 3.63) is 0 Å². The zero-order valence-electron chi connectivity index (χ0n) is 9.81. The maximum absolute atomic E-state index is 11.3. The van der Waals surface area contributed by atoms with Crippen LogP contribution in [0.1, 0.15) is 41.0 Å². The van der Waals surface area contributed by atoms with E-state index in [2.05, 4.69) is 39.9 Å². The first-order chi connectivity index (χ1) is 6.29. The number of amides is 1. The maximum atomic E-state index is 11.3. The molecule has 1 amide bonds. The largest absolute Gasteiger partial charge is 0.449 e. The monoisotopic (exact) mass is 199 g/mol. The van der Waals surface area contributed by atoms with Crippen molar-refractivity contribution in [2.75, 3.05) is 6.61 Å². The molecule has 1 atom stereocenters. The Balaban J connectivity index is 2.98. The predicted molar refractivity (Wildman–Crippen MR) is 56.1 cm³/mol. The molecule has 0 aromatic heterocycles. The van der Waals surface area contributed by atoms with Crippen molar-refractivity contribution in [1.29, 1.82) is 0 Å². The van der Waals surface area contributed by atoms with Gasteiger partial charge in [0.05, 0.1) is 12.1 Å². The van der Waals surface area contributed by atoms with Crippen LogP contribution in [0, 0.1) is 11.3 Å². The lowest BCUT2D eigenvalue weighted by Crippen LogP contribution is -2.63. The molecule has 3 nitrogen and oxygen atoms in total. The highest BCUT2D eigenvalue weighted by atomic mass is 16.6. The van der Waals surface area contributed by atoms with Gasteiger partial charge in [-0.3, -0.25) is 0 Å². The molecule has 82 valence electrons. The third kappa shape index (κ3) is 1.72. The van der Waals surface area contributed by atoms with E-state index in [0.717, 1.165) is 6.42 Å². The number of carbonyl (C=O) groups is 1. The lowest BCUT2D eigenvalue weighted by atomic mass is 9.65. The number of carbonyl (C=O) groups excluding carboxylic acids is 1. The Bertz CT molecular complexity index is 230. The van der Waals surface area contributed by atoms with Gasteiger partial charge in [-0.25, -0.2) is 4.79 Å². The minimum atomic E-state index is -0.278. The third-order valence-corrected chi connectivity index (χ3v) is 3.38. The Morgan fingerprint density at radius 1 is 1.43 bits per heavy atom. The van der Waals surface area contributed by atoms with Gasteiger partial charge in [0.2, 0.25) is 0 Å². The molecule has 0 spiro atoms. The summed E-state index contributed by atoms with van der Waals surface area (Å²) >= 11 is 0. The molecule has 0 aromatic carbocycles. The van der Waals surface area contributed by atoms with Crippen molar-refractivity contribution in [1.82, 2.24) is 5.32 Å². The molecule has 3 heteroatoms. The number of hydrogen-bond donors (Lipinski definition) is 1. The molecule has 1 heterocycles. The van der Waals surface area contributed by atoms with E-state index in [-0.39, 0.29) is 17.0 Å². The van der Waals surface area contributed by atoms with Crippen LogP contribution in [0.3, 0.4) is 0 Å². The van der Waals surface area contributed by atoms with E-state index in [9.17, 15) is 4.79 Å². The lowest BCUT2D eigenvalue weighted by molar-refractivity contribution is 0.00963. The van der Waals surface area contributed by atoms with E-state index in [1.807, 2.05) is 0 Å². The fourth-order valence-corrected chi connectivity index (χ4v) is 2.45. The molecule has 0 bridgehead atoms. The number of alkyl carbamates (subject to hydrolysis) is 1. The van der Waals surface area contributed by atoms with Crippen LogP contribution in [-0.4, -0.2) is 18.2 Å². The van der Waals surface area contributed by atoms with Crippen LogP contribution < -0.4 is 5.32 Å². The molecule has 0 saturated carbocycles. The molecule has 1 saturated heterocycles. The van der Waals surface area contributed by atoms with Crippen molar-refractivity contribution in [2.24, 2.45) is 11.3 Å². The second-order valence-electron chi connectivity index (χ2n) is 5.39. The highest BCUT2D eigenvalue weighted by molar-refractivity contribution is 5.69. The molecule has 0 radical (unpaired) electrons. The zero-order chi connectivity index (χ0) is 11.0. The van der Waals surface area contributed by atoms with Crippen molar-refractivity contribution in [2.45, 2.75) is 46.6 Å². The molecule has 1 aliphatic rings. The van der Waals surface area contributed by atoms with Crippen LogP contribution in [-0.2, 0) is 4.74 Å². The smallest absolute Gasteiger partial charge is 0.407 e. The fraction of sp³-hybridized carbons (Fsp3) is 0.909. The van der Waals surface area contributed by atoms with Crippen molar-refractivity contribution in [3.63, 3.8) is 0 Å². The van der Waals surface area contributed by atoms with E-state index in [1.165, 1.54) is 0 Å². The minimum Gasteiger partial charge on any atom is -0.449 e. The predicted octanol–water partition coefficient (Wildman–Crippen LogP) is 2.56. The summed E-state index contributed by atoms with van der Waals surface area (Å²) in [6.45, 7) is 11.3. The van der Waals surface area contributed by atoms with Crippen LogP contribution in [0.5, 0.6) is 0 Å². The van der Waals surface area contributed by atoms with Gasteiger partial charge < -0.3 is 10.1 Å². The second kappa shape index (κ2) is 3.44. The van der Waals surface area contributed by atoms with Gasteiger partial charge >= 0.3 is 6.09 Å². The first kappa shape index (κ1) is 11.3. The number of cyclic esters (lactones) is 1. The summed E-state index contributed by atoms with van der Waals surface area (Å²) in [6.07, 6.45) is 0.611. The second-order valence-corrected chi connectivity index (χ2v) is 5.39. The first-order valence-electron chi connectivity index (χ1n) is 5.24. The normalized spacial score (nSPS) is 28.6. The number of hydrogen-bond acceptors (Lipinski definition) is 2. The lowest BCUT2D eigenvalue weighted by Gasteiger charge is -2.50. The molecular weight excluding hydrogens is 178 g/mol. The van der Waals surface area contributed by atoms with Gasteiger partial charge in [0, 0.05) is 6.42 Å². The Morgan fingerprint density at radius 2 is 2.00 bits per heavy atom. The number of nitrogens with one attached hydrogen (secondary N) is 1. The zero-order valence-corrected chi connectivity index (χ0v) is 9.81. The Kier molecular flexibility index (Phi) is 2.79. The van der Waals surface area contributed by atoms with Crippen LogP contribution in [0.4, 0.5) is 4.79 Å². The Hall–Kier alpha value is -0.730. The highest BCUT2D eigenvalue weighted by Gasteiger charge is 2.47. The van der Waals surface area contributed by atoms with E-state index >= 15 is 0 Å². The molecular formula is C11H21NO2. The van der Waals surface area contributed by atoms with Crippen molar-refractivity contribution >= 4 is 6.09 Å². The van der Waals surface area contributed by atoms with Crippen molar-refractivity contribution < 1.29 is 9.53 Å². The molecule has 1 rings (SSSR count). The molecule has 0 aromatic rings. The summed E-state index contributed by atoms with van der Waals surface area (Å²) in [5.41, 5.74) is -0.0804. The SMILES string of the molecule is CC(C)C1(C(C)(C)C)CCOC(=O)N1. The van der Waals surface area contributed by atoms with Crippen LogP contribution in [0.2, 0.25) is 0 Å². The number of rotatable bonds is 1. The summed E-state index contributed by atoms with van der Waals surface area (Å²) in [6, 6.07) is 0. The van der Waals surface area contributed by atoms with E-state index in [1.54, 1.807) is 0 Å². The third-order valence-electron chi connectivity index (χ3n) is 3.38. The van der Waals surface area contributed by atoms with Gasteiger partial charge in [-0.05, 0) is 11.3 Å². The summed E-state index contributed by atoms with van der Waals surface area (Å²) in [4.78, 5) is 11.3. The summed E-state index contributed by atoms with van der Waals surface area (Å²) in [7, 11) is 0. The van der Waals surface area contributed by atoms with Crippen LogP contribution >= 0.6 is 0 Å². The van der Waals surface area contributed by atoms with Gasteiger partial charge in [-0.1, -0.05) is 34.6 Å². The van der Waals surface area contributed by atoms with Crippen LogP contribution in [0.15, 0.2) is 0 Å². The average Bonchev–Trinajstić information content (AvgIpc) is 2.01.